The van der Waals surface area contributed by atoms with Gasteiger partial charge in [0.2, 0.25) is 0 Å². The second-order valence-electron chi connectivity index (χ2n) is 6.10. The summed E-state index contributed by atoms with van der Waals surface area (Å²) in [5.74, 6) is 1.30. The zero-order valence-electron chi connectivity index (χ0n) is 14.8. The van der Waals surface area contributed by atoms with E-state index >= 15 is 0 Å². The lowest BCUT2D eigenvalue weighted by Crippen LogP contribution is -2.11. The van der Waals surface area contributed by atoms with Gasteiger partial charge in [0, 0.05) is 7.05 Å². The van der Waals surface area contributed by atoms with Crippen LogP contribution in [0.15, 0.2) is 40.9 Å². The summed E-state index contributed by atoms with van der Waals surface area (Å²) in [6.07, 6.45) is 1.61. The van der Waals surface area contributed by atoms with E-state index < -0.39 is 0 Å². The first kappa shape index (κ1) is 16.8. The molecule has 1 amide bonds. The molecule has 3 aromatic rings. The summed E-state index contributed by atoms with van der Waals surface area (Å²) in [6.45, 7) is 6.20. The van der Waals surface area contributed by atoms with Crippen LogP contribution in [0.3, 0.4) is 0 Å². The fraction of sp³-hybridized carbons (Fsp3) is 0.263. The molecule has 0 spiro atoms. The van der Waals surface area contributed by atoms with Crippen molar-refractivity contribution >= 4 is 11.6 Å². The van der Waals surface area contributed by atoms with Crippen molar-refractivity contribution in [2.24, 2.45) is 7.05 Å². The van der Waals surface area contributed by atoms with E-state index in [2.05, 4.69) is 16.5 Å². The van der Waals surface area contributed by atoms with E-state index in [1.807, 2.05) is 40.0 Å². The predicted molar refractivity (Wildman–Crippen MR) is 94.9 cm³/mol. The molecule has 0 fully saturated rings. The Labute approximate surface area is 146 Å². The number of aromatic nitrogens is 2. The summed E-state index contributed by atoms with van der Waals surface area (Å²) in [5.41, 5.74) is 3.82. The summed E-state index contributed by atoms with van der Waals surface area (Å²) in [6, 6.07) is 9.40. The molecule has 0 saturated heterocycles. The largest absolute Gasteiger partial charge is 0.486 e. The molecule has 0 atom stereocenters. The molecule has 6 heteroatoms. The number of hydrogen-bond donors (Lipinski definition) is 1. The van der Waals surface area contributed by atoms with Gasteiger partial charge in [0.25, 0.3) is 5.91 Å². The van der Waals surface area contributed by atoms with Gasteiger partial charge in [-0.1, -0.05) is 6.07 Å². The number of nitrogens with one attached hydrogen (secondary N) is 1. The highest BCUT2D eigenvalue weighted by Crippen LogP contribution is 2.19. The number of furan rings is 1. The van der Waals surface area contributed by atoms with Gasteiger partial charge in [0.1, 0.15) is 18.1 Å². The Morgan fingerprint density at radius 2 is 1.92 bits per heavy atom. The minimum absolute atomic E-state index is 0.238. The Morgan fingerprint density at radius 3 is 2.56 bits per heavy atom. The molecular weight excluding hydrogens is 318 g/mol. The number of hydrogen-bond acceptors (Lipinski definition) is 4. The standard InChI is InChI=1S/C19H21N3O3/c1-12-7-13(2)9-16(8-12)24-11-15-5-6-18(25-15)19(23)21-17-10-20-22(4)14(17)3/h5-10H,11H2,1-4H3,(H,21,23). The van der Waals surface area contributed by atoms with Gasteiger partial charge in [0.05, 0.1) is 17.6 Å². The molecule has 0 radical (unpaired) electrons. The fourth-order valence-corrected chi connectivity index (χ4v) is 2.55. The molecule has 0 bridgehead atoms. The molecule has 2 aromatic heterocycles. The minimum Gasteiger partial charge on any atom is -0.486 e. The van der Waals surface area contributed by atoms with Crippen LogP contribution >= 0.6 is 0 Å². The van der Waals surface area contributed by atoms with Gasteiger partial charge in [-0.05, 0) is 56.2 Å². The lowest BCUT2D eigenvalue weighted by molar-refractivity contribution is 0.0992. The topological polar surface area (TPSA) is 69.3 Å². The van der Waals surface area contributed by atoms with E-state index in [9.17, 15) is 4.79 Å². The van der Waals surface area contributed by atoms with Crippen LogP contribution in [0, 0.1) is 20.8 Å². The molecule has 1 aromatic carbocycles. The normalized spacial score (nSPS) is 10.7. The number of nitrogens with zero attached hydrogens (tertiary/aromatic N) is 2. The third kappa shape index (κ3) is 3.91. The summed E-state index contributed by atoms with van der Waals surface area (Å²) >= 11 is 0. The molecule has 0 aliphatic heterocycles. The van der Waals surface area contributed by atoms with Crippen LogP contribution in [0.25, 0.3) is 0 Å². The summed E-state index contributed by atoms with van der Waals surface area (Å²) < 4.78 is 13.0. The highest BCUT2D eigenvalue weighted by atomic mass is 16.5. The third-order valence-corrected chi connectivity index (χ3v) is 3.95. The highest BCUT2D eigenvalue weighted by molar-refractivity contribution is 6.02. The van der Waals surface area contributed by atoms with Crippen LogP contribution in [0.2, 0.25) is 0 Å². The van der Waals surface area contributed by atoms with Crippen molar-refractivity contribution in [3.8, 4) is 5.75 Å². The number of rotatable bonds is 5. The van der Waals surface area contributed by atoms with Gasteiger partial charge in [-0.3, -0.25) is 9.48 Å². The molecule has 130 valence electrons. The van der Waals surface area contributed by atoms with Gasteiger partial charge in [0.15, 0.2) is 5.76 Å². The summed E-state index contributed by atoms with van der Waals surface area (Å²) in [7, 11) is 1.82. The van der Waals surface area contributed by atoms with Crippen molar-refractivity contribution in [3.63, 3.8) is 0 Å². The average Bonchev–Trinajstić information content (AvgIpc) is 3.14. The zero-order chi connectivity index (χ0) is 18.0. The lowest BCUT2D eigenvalue weighted by atomic mass is 10.1. The van der Waals surface area contributed by atoms with Gasteiger partial charge in [-0.15, -0.1) is 0 Å². The molecule has 0 unspecified atom stereocenters. The Bertz CT molecular complexity index is 888. The summed E-state index contributed by atoms with van der Waals surface area (Å²) in [4.78, 5) is 12.3. The van der Waals surface area contributed by atoms with E-state index in [0.717, 1.165) is 22.6 Å². The van der Waals surface area contributed by atoms with E-state index in [-0.39, 0.29) is 18.3 Å². The smallest absolute Gasteiger partial charge is 0.291 e. The molecule has 6 nitrogen and oxygen atoms in total. The Kier molecular flexibility index (Phi) is 4.61. The SMILES string of the molecule is Cc1cc(C)cc(OCc2ccc(C(=O)Nc3cnn(C)c3C)o2)c1. The Hall–Kier alpha value is -3.02. The highest BCUT2D eigenvalue weighted by Gasteiger charge is 2.14. The first-order valence-corrected chi connectivity index (χ1v) is 8.02. The van der Waals surface area contributed by atoms with Crippen LogP contribution in [-0.4, -0.2) is 15.7 Å². The first-order chi connectivity index (χ1) is 11.9. The van der Waals surface area contributed by atoms with Crippen LogP contribution in [-0.2, 0) is 13.7 Å². The monoisotopic (exact) mass is 339 g/mol. The second-order valence-corrected chi connectivity index (χ2v) is 6.10. The van der Waals surface area contributed by atoms with Crippen LogP contribution in [0.1, 0.15) is 33.1 Å². The number of benzene rings is 1. The first-order valence-electron chi connectivity index (χ1n) is 8.02. The second kappa shape index (κ2) is 6.84. The number of carbonyl (C=O) groups excluding carboxylic acids is 1. The fourth-order valence-electron chi connectivity index (χ4n) is 2.55. The quantitative estimate of drug-likeness (QED) is 0.768. The third-order valence-electron chi connectivity index (χ3n) is 3.95. The zero-order valence-corrected chi connectivity index (χ0v) is 14.8. The van der Waals surface area contributed by atoms with Crippen molar-refractivity contribution in [1.29, 1.82) is 0 Å². The van der Waals surface area contributed by atoms with Gasteiger partial charge >= 0.3 is 0 Å². The van der Waals surface area contributed by atoms with Crippen LogP contribution in [0.5, 0.6) is 5.75 Å². The van der Waals surface area contributed by atoms with Gasteiger partial charge in [-0.25, -0.2) is 0 Å². The van der Waals surface area contributed by atoms with E-state index in [1.165, 1.54) is 0 Å². The van der Waals surface area contributed by atoms with Crippen LogP contribution < -0.4 is 10.1 Å². The van der Waals surface area contributed by atoms with Crippen molar-refractivity contribution in [1.82, 2.24) is 9.78 Å². The van der Waals surface area contributed by atoms with Crippen LogP contribution in [0.4, 0.5) is 5.69 Å². The molecule has 0 aliphatic carbocycles. The molecule has 0 aliphatic rings. The molecule has 2 heterocycles. The number of amides is 1. The maximum atomic E-state index is 12.3. The van der Waals surface area contributed by atoms with Crippen molar-refractivity contribution in [2.45, 2.75) is 27.4 Å². The maximum absolute atomic E-state index is 12.3. The number of aryl methyl sites for hydroxylation is 3. The molecular formula is C19H21N3O3. The van der Waals surface area contributed by atoms with Crippen molar-refractivity contribution < 1.29 is 13.9 Å². The average molecular weight is 339 g/mol. The van der Waals surface area contributed by atoms with E-state index in [0.29, 0.717) is 11.4 Å². The Morgan fingerprint density at radius 1 is 1.20 bits per heavy atom. The lowest BCUT2D eigenvalue weighted by Gasteiger charge is -2.06. The molecule has 1 N–H and O–H groups in total. The summed E-state index contributed by atoms with van der Waals surface area (Å²) in [5, 5.41) is 6.89. The van der Waals surface area contributed by atoms with Gasteiger partial charge in [-0.2, -0.15) is 5.10 Å². The minimum atomic E-state index is -0.311. The number of ether oxygens (including phenoxy) is 1. The van der Waals surface area contributed by atoms with E-state index in [1.54, 1.807) is 23.0 Å². The molecule has 3 rings (SSSR count). The maximum Gasteiger partial charge on any atom is 0.291 e. The Balaban J connectivity index is 1.63. The predicted octanol–water partition coefficient (Wildman–Crippen LogP) is 3.77. The van der Waals surface area contributed by atoms with Gasteiger partial charge < -0.3 is 14.5 Å². The number of anilines is 1. The number of carbonyl (C=O) groups is 1. The van der Waals surface area contributed by atoms with E-state index in [4.69, 9.17) is 9.15 Å². The molecule has 0 saturated carbocycles. The van der Waals surface area contributed by atoms with Crippen molar-refractivity contribution in [2.75, 3.05) is 5.32 Å². The molecule has 25 heavy (non-hydrogen) atoms. The van der Waals surface area contributed by atoms with Crippen molar-refractivity contribution in [3.05, 3.63) is 64.9 Å².